The Morgan fingerprint density at radius 1 is 1.07 bits per heavy atom. The summed E-state index contributed by atoms with van der Waals surface area (Å²) in [5.41, 5.74) is 0.0290. The summed E-state index contributed by atoms with van der Waals surface area (Å²) in [4.78, 5) is 12.0. The van der Waals surface area contributed by atoms with E-state index < -0.39 is 19.2 Å². The Morgan fingerprint density at radius 2 is 1.77 bits per heavy atom. The van der Waals surface area contributed by atoms with E-state index in [1.54, 1.807) is 24.7 Å². The first kappa shape index (κ1) is 33.1. The van der Waals surface area contributed by atoms with Crippen LogP contribution < -0.4 is 0 Å². The highest BCUT2D eigenvalue weighted by atomic mass is 31.2. The second-order valence-electron chi connectivity index (χ2n) is 14.8. The van der Waals surface area contributed by atoms with Crippen LogP contribution in [0.1, 0.15) is 111 Å². The number of hydrogen-bond donors (Lipinski definition) is 2. The van der Waals surface area contributed by atoms with Crippen LogP contribution in [0.2, 0.25) is 0 Å². The third kappa shape index (κ3) is 6.39. The molecule has 9 nitrogen and oxygen atoms in total. The number of rotatable bonds is 13. The van der Waals surface area contributed by atoms with Crippen molar-refractivity contribution in [3.63, 3.8) is 0 Å². The summed E-state index contributed by atoms with van der Waals surface area (Å²) in [6.07, 6.45) is 15.1. The Morgan fingerprint density at radius 3 is 2.47 bits per heavy atom. The molecule has 4 saturated carbocycles. The monoisotopic (exact) mass is 621 g/mol. The third-order valence-corrected chi connectivity index (χ3v) is 15.1. The average molecular weight is 622 g/mol. The predicted octanol–water partition coefficient (Wildman–Crippen LogP) is 6.98. The van der Waals surface area contributed by atoms with E-state index >= 15 is 0 Å². The lowest BCUT2D eigenvalue weighted by Crippen LogP contribution is -2.54. The van der Waals surface area contributed by atoms with Crippen LogP contribution in [0.25, 0.3) is 0 Å². The molecule has 5 rings (SSSR count). The first-order chi connectivity index (χ1) is 20.4. The van der Waals surface area contributed by atoms with Crippen molar-refractivity contribution in [2.24, 2.45) is 46.3 Å². The molecule has 5 unspecified atom stereocenters. The van der Waals surface area contributed by atoms with Crippen molar-refractivity contribution in [1.82, 2.24) is 15.0 Å². The van der Waals surface area contributed by atoms with Crippen LogP contribution in [0.15, 0.2) is 6.20 Å². The molecule has 0 spiro atoms. The molecule has 1 aromatic rings. The highest BCUT2D eigenvalue weighted by molar-refractivity contribution is 7.55. The van der Waals surface area contributed by atoms with Crippen molar-refractivity contribution in [3.05, 3.63) is 11.9 Å². The van der Waals surface area contributed by atoms with Crippen molar-refractivity contribution >= 4 is 13.6 Å². The van der Waals surface area contributed by atoms with Gasteiger partial charge in [-0.15, -0.1) is 5.10 Å². The number of aromatic nitrogens is 3. The number of aryl methyl sites for hydroxylation is 1. The van der Waals surface area contributed by atoms with E-state index in [-0.39, 0.29) is 25.7 Å². The summed E-state index contributed by atoms with van der Waals surface area (Å²) >= 11 is 0. The minimum Gasteiger partial charge on any atom is -0.481 e. The van der Waals surface area contributed by atoms with Gasteiger partial charge in [0.25, 0.3) is 0 Å². The molecule has 10 atom stereocenters. The average Bonchev–Trinajstić information content (AvgIpc) is 3.55. The maximum atomic E-state index is 13.1. The number of carboxylic acid groups (broad SMARTS) is 1. The van der Waals surface area contributed by atoms with Crippen LogP contribution in [-0.2, 0) is 31.4 Å². The lowest BCUT2D eigenvalue weighted by atomic mass is 9.44. The van der Waals surface area contributed by atoms with E-state index in [9.17, 15) is 19.6 Å². The van der Waals surface area contributed by atoms with Gasteiger partial charge in [-0.3, -0.25) is 14.0 Å². The van der Waals surface area contributed by atoms with Crippen molar-refractivity contribution in [2.45, 2.75) is 130 Å². The molecule has 4 aliphatic rings. The molecule has 0 amide bonds. The summed E-state index contributed by atoms with van der Waals surface area (Å²) < 4.78 is 25.5. The molecule has 2 N–H and O–H groups in total. The molecule has 4 aliphatic carbocycles. The Labute approximate surface area is 258 Å². The van der Waals surface area contributed by atoms with Crippen molar-refractivity contribution in [1.29, 1.82) is 0 Å². The Balaban J connectivity index is 1.16. The SMILES string of the molecule is CCOP(=O)(OCC)C(Cc1cn(CCCC(C)C2CC[C@H]3C4CC[C@@H]5C[C@H](O)CC[C@]5(C)C4CC[C@]23C)nn1)C(=O)O. The number of fused-ring (bicyclic) bond motifs is 5. The van der Waals surface area contributed by atoms with Gasteiger partial charge in [0.15, 0.2) is 5.66 Å². The van der Waals surface area contributed by atoms with Gasteiger partial charge < -0.3 is 19.3 Å². The number of carboxylic acids is 1. The number of carbonyl (C=O) groups is 1. The van der Waals surface area contributed by atoms with Gasteiger partial charge in [0.05, 0.1) is 25.0 Å². The van der Waals surface area contributed by atoms with Gasteiger partial charge in [-0.25, -0.2) is 0 Å². The summed E-state index contributed by atoms with van der Waals surface area (Å²) in [6.45, 7) is 11.9. The van der Waals surface area contributed by atoms with Gasteiger partial charge in [0, 0.05) is 19.2 Å². The first-order valence-electron chi connectivity index (χ1n) is 17.1. The van der Waals surface area contributed by atoms with Crippen LogP contribution in [0, 0.1) is 46.3 Å². The fourth-order valence-electron chi connectivity index (χ4n) is 10.6. The molecule has 10 heteroatoms. The minimum absolute atomic E-state index is 0.0482. The third-order valence-electron chi connectivity index (χ3n) is 12.7. The van der Waals surface area contributed by atoms with Gasteiger partial charge in [0.2, 0.25) is 0 Å². The predicted molar refractivity (Wildman–Crippen MR) is 166 cm³/mol. The zero-order valence-corrected chi connectivity index (χ0v) is 28.0. The zero-order valence-electron chi connectivity index (χ0n) is 27.1. The maximum absolute atomic E-state index is 13.1. The number of nitrogens with zero attached hydrogens (tertiary/aromatic N) is 3. The van der Waals surface area contributed by atoms with Gasteiger partial charge in [-0.1, -0.05) is 26.0 Å². The molecule has 0 bridgehead atoms. The number of aliphatic hydroxyl groups is 1. The lowest BCUT2D eigenvalue weighted by Gasteiger charge is -2.61. The van der Waals surface area contributed by atoms with Crippen LogP contribution in [0.4, 0.5) is 0 Å². The van der Waals surface area contributed by atoms with Gasteiger partial charge >= 0.3 is 13.6 Å². The molecule has 244 valence electrons. The van der Waals surface area contributed by atoms with E-state index in [0.717, 1.165) is 55.9 Å². The molecule has 0 aliphatic heterocycles. The highest BCUT2D eigenvalue weighted by Crippen LogP contribution is 2.68. The van der Waals surface area contributed by atoms with Gasteiger partial charge in [0.1, 0.15) is 0 Å². The smallest absolute Gasteiger partial charge is 0.345 e. The molecule has 0 aromatic carbocycles. The Hall–Kier alpha value is -1.28. The van der Waals surface area contributed by atoms with Crippen molar-refractivity contribution in [3.8, 4) is 0 Å². The van der Waals surface area contributed by atoms with E-state index in [1.807, 2.05) is 0 Å². The van der Waals surface area contributed by atoms with Gasteiger partial charge in [-0.2, -0.15) is 0 Å². The second-order valence-corrected chi connectivity index (χ2v) is 17.1. The molecule has 1 aromatic heterocycles. The normalized spacial score (nSPS) is 37.3. The molecular formula is C33H56N3O6P. The quantitative estimate of drug-likeness (QED) is 0.226. The van der Waals surface area contributed by atoms with Crippen molar-refractivity contribution in [2.75, 3.05) is 13.2 Å². The summed E-state index contributed by atoms with van der Waals surface area (Å²) in [7, 11) is -3.82. The first-order valence-corrected chi connectivity index (χ1v) is 18.7. The largest absolute Gasteiger partial charge is 0.481 e. The molecular weight excluding hydrogens is 565 g/mol. The summed E-state index contributed by atoms with van der Waals surface area (Å²) in [5.74, 6) is 3.43. The summed E-state index contributed by atoms with van der Waals surface area (Å²) in [6, 6.07) is 0. The zero-order chi connectivity index (χ0) is 31.0. The standard InChI is InChI=1S/C33H56N3O6P/c1-6-41-43(40,42-7-2)30(31(38)39)20-24-21-36(35-34-24)18-8-9-22(3)27-12-13-28-26-11-10-23-19-25(37)14-16-32(23,4)29(26)15-17-33(27,28)5/h21-23,25-30,37H,6-20H2,1-5H3,(H,38,39)/t22?,23-,25-,26?,27?,28+,29?,30?,32+,33-/m1/s1. The van der Waals surface area contributed by atoms with E-state index in [2.05, 4.69) is 31.1 Å². The van der Waals surface area contributed by atoms with Crippen molar-refractivity contribution < 1.29 is 28.6 Å². The molecule has 1 heterocycles. The van der Waals surface area contributed by atoms with Gasteiger partial charge in [-0.05, 0) is 131 Å². The number of hydrogen-bond acceptors (Lipinski definition) is 7. The van der Waals surface area contributed by atoms with Crippen LogP contribution in [0.3, 0.4) is 0 Å². The van der Waals surface area contributed by atoms with E-state index in [1.165, 1.54) is 44.9 Å². The Kier molecular flexibility index (Phi) is 10.2. The van der Waals surface area contributed by atoms with Crippen LogP contribution >= 0.6 is 7.60 Å². The lowest BCUT2D eigenvalue weighted by molar-refractivity contribution is -0.137. The molecule has 0 saturated heterocycles. The van der Waals surface area contributed by atoms with Crippen LogP contribution in [-0.4, -0.2) is 56.2 Å². The van der Waals surface area contributed by atoms with E-state index in [4.69, 9.17) is 9.05 Å². The number of aliphatic carboxylic acids is 1. The summed E-state index contributed by atoms with van der Waals surface area (Å²) in [5, 5.41) is 28.6. The second kappa shape index (κ2) is 13.2. The minimum atomic E-state index is -3.82. The fraction of sp³-hybridized carbons (Fsp3) is 0.909. The van der Waals surface area contributed by atoms with E-state index in [0.29, 0.717) is 28.4 Å². The molecule has 0 radical (unpaired) electrons. The fourth-order valence-corrected chi connectivity index (χ4v) is 12.5. The molecule has 4 fully saturated rings. The topological polar surface area (TPSA) is 124 Å². The van der Waals surface area contributed by atoms with Crippen LogP contribution in [0.5, 0.6) is 0 Å². The maximum Gasteiger partial charge on any atom is 0.345 e. The number of aliphatic hydroxyl groups excluding tert-OH is 1. The Bertz CT molecular complexity index is 1150. The highest BCUT2D eigenvalue weighted by Gasteiger charge is 2.60. The molecule has 43 heavy (non-hydrogen) atoms.